The highest BCUT2D eigenvalue weighted by Crippen LogP contribution is 2.10. The normalized spacial score (nSPS) is 12.2. The van der Waals surface area contributed by atoms with Gasteiger partial charge in [0.25, 0.3) is 0 Å². The summed E-state index contributed by atoms with van der Waals surface area (Å²) in [5.74, 6) is -1.74. The van der Waals surface area contributed by atoms with Crippen LogP contribution in [0.3, 0.4) is 0 Å². The third-order valence-electron chi connectivity index (χ3n) is 5.24. The Hall–Kier alpha value is -4.20. The first-order valence-corrected chi connectivity index (χ1v) is 11.1. The van der Waals surface area contributed by atoms with Gasteiger partial charge in [-0.15, -0.1) is 0 Å². The quantitative estimate of drug-likeness (QED) is 0.435. The Morgan fingerprint density at radius 1 is 0.771 bits per heavy atom. The van der Waals surface area contributed by atoms with E-state index in [1.165, 1.54) is 25.3 Å². The van der Waals surface area contributed by atoms with Crippen molar-refractivity contribution in [2.75, 3.05) is 7.11 Å². The molecule has 35 heavy (non-hydrogen) atoms. The lowest BCUT2D eigenvalue weighted by Crippen LogP contribution is -2.53. The number of ether oxygens (including phenoxy) is 2. The molecule has 0 aliphatic rings. The van der Waals surface area contributed by atoms with Crippen LogP contribution in [0.15, 0.2) is 84.9 Å². The van der Waals surface area contributed by atoms with Crippen molar-refractivity contribution in [3.05, 3.63) is 107 Å². The summed E-state index contributed by atoms with van der Waals surface area (Å²) >= 11 is 0. The molecule has 182 valence electrons. The highest BCUT2D eigenvalue weighted by atomic mass is 19.1. The minimum absolute atomic E-state index is 0.0205. The molecule has 0 saturated heterocycles. The number of amides is 2. The van der Waals surface area contributed by atoms with Gasteiger partial charge in [0.1, 0.15) is 24.5 Å². The number of benzene rings is 3. The van der Waals surface area contributed by atoms with Crippen molar-refractivity contribution in [2.24, 2.45) is 0 Å². The number of carbonyl (C=O) groups is 3. The predicted molar refractivity (Wildman–Crippen MR) is 128 cm³/mol. The summed E-state index contributed by atoms with van der Waals surface area (Å²) in [6, 6.07) is 21.9. The van der Waals surface area contributed by atoms with Gasteiger partial charge in [-0.3, -0.25) is 4.79 Å². The van der Waals surface area contributed by atoms with E-state index in [4.69, 9.17) is 9.47 Å². The lowest BCUT2D eigenvalue weighted by Gasteiger charge is -2.22. The summed E-state index contributed by atoms with van der Waals surface area (Å²) in [6.45, 7) is 0.0384. The number of hydrogen-bond acceptors (Lipinski definition) is 5. The molecule has 0 unspecified atom stereocenters. The van der Waals surface area contributed by atoms with Gasteiger partial charge in [0.05, 0.1) is 7.11 Å². The van der Waals surface area contributed by atoms with Crippen molar-refractivity contribution >= 4 is 18.0 Å². The highest BCUT2D eigenvalue weighted by molar-refractivity contribution is 5.90. The molecular formula is C27H27FN2O5. The zero-order chi connectivity index (χ0) is 25.0. The van der Waals surface area contributed by atoms with Gasteiger partial charge in [0.15, 0.2) is 0 Å². The van der Waals surface area contributed by atoms with Crippen molar-refractivity contribution in [1.82, 2.24) is 10.6 Å². The number of carbonyl (C=O) groups excluding carboxylic acids is 3. The molecule has 0 aliphatic carbocycles. The van der Waals surface area contributed by atoms with Gasteiger partial charge in [0, 0.05) is 12.8 Å². The van der Waals surface area contributed by atoms with Crippen molar-refractivity contribution in [1.29, 1.82) is 0 Å². The van der Waals surface area contributed by atoms with Gasteiger partial charge in [-0.2, -0.15) is 0 Å². The predicted octanol–water partition coefficient (Wildman–Crippen LogP) is 3.56. The largest absolute Gasteiger partial charge is 0.467 e. The van der Waals surface area contributed by atoms with Crippen LogP contribution in [0.2, 0.25) is 0 Å². The molecule has 0 fully saturated rings. The van der Waals surface area contributed by atoms with E-state index in [0.717, 1.165) is 11.1 Å². The number of esters is 1. The molecule has 0 radical (unpaired) electrons. The lowest BCUT2D eigenvalue weighted by atomic mass is 10.0. The van der Waals surface area contributed by atoms with E-state index in [-0.39, 0.29) is 19.4 Å². The number of hydrogen-bond donors (Lipinski definition) is 2. The SMILES string of the molecule is COC(=O)[C@@H](Cc1cccc(F)c1)NC(=O)[C@H](Cc1ccccc1)NC(=O)OCc1ccccc1. The van der Waals surface area contributed by atoms with Gasteiger partial charge in [0.2, 0.25) is 5.91 Å². The lowest BCUT2D eigenvalue weighted by molar-refractivity contribution is -0.145. The summed E-state index contributed by atoms with van der Waals surface area (Å²) in [7, 11) is 1.20. The zero-order valence-corrected chi connectivity index (χ0v) is 19.3. The van der Waals surface area contributed by atoms with Crippen LogP contribution in [-0.2, 0) is 38.5 Å². The van der Waals surface area contributed by atoms with Gasteiger partial charge < -0.3 is 20.1 Å². The maximum Gasteiger partial charge on any atom is 0.408 e. The van der Waals surface area contributed by atoms with Crippen molar-refractivity contribution in [2.45, 2.75) is 31.5 Å². The topological polar surface area (TPSA) is 93.7 Å². The Labute approximate surface area is 203 Å². The minimum atomic E-state index is -1.07. The molecule has 7 nitrogen and oxygen atoms in total. The fourth-order valence-corrected chi connectivity index (χ4v) is 3.47. The van der Waals surface area contributed by atoms with E-state index in [2.05, 4.69) is 10.6 Å². The van der Waals surface area contributed by atoms with E-state index in [9.17, 15) is 18.8 Å². The van der Waals surface area contributed by atoms with E-state index in [1.54, 1.807) is 6.07 Å². The molecular weight excluding hydrogens is 451 g/mol. The molecule has 0 aromatic heterocycles. The minimum Gasteiger partial charge on any atom is -0.467 e. The fourth-order valence-electron chi connectivity index (χ4n) is 3.47. The van der Waals surface area contributed by atoms with Crippen LogP contribution in [0.25, 0.3) is 0 Å². The summed E-state index contributed by atoms with van der Waals surface area (Å²) in [5, 5.41) is 5.21. The smallest absolute Gasteiger partial charge is 0.408 e. The Balaban J connectivity index is 1.71. The van der Waals surface area contributed by atoms with Crippen molar-refractivity contribution < 1.29 is 28.2 Å². The first kappa shape index (κ1) is 25.4. The third-order valence-corrected chi connectivity index (χ3v) is 5.24. The van der Waals surface area contributed by atoms with E-state index in [0.29, 0.717) is 5.56 Å². The molecule has 2 atom stereocenters. The van der Waals surface area contributed by atoms with Crippen LogP contribution in [0.5, 0.6) is 0 Å². The van der Waals surface area contributed by atoms with E-state index < -0.39 is 35.9 Å². The van der Waals surface area contributed by atoms with Gasteiger partial charge in [-0.1, -0.05) is 72.8 Å². The number of methoxy groups -OCH3 is 1. The number of nitrogens with one attached hydrogen (secondary N) is 2. The van der Waals surface area contributed by atoms with Crippen molar-refractivity contribution in [3.63, 3.8) is 0 Å². The molecule has 0 spiro atoms. The standard InChI is InChI=1S/C27H27FN2O5/c1-34-26(32)24(17-21-13-8-14-22(28)15-21)29-25(31)23(16-19-9-4-2-5-10-19)30-27(33)35-18-20-11-6-3-7-12-20/h2-15,23-24H,16-18H2,1H3,(H,29,31)(H,30,33)/t23-,24+/m0/s1. The molecule has 0 heterocycles. The average Bonchev–Trinajstić information content (AvgIpc) is 2.87. The van der Waals surface area contributed by atoms with E-state index in [1.807, 2.05) is 60.7 Å². The Morgan fingerprint density at radius 3 is 2.00 bits per heavy atom. The summed E-state index contributed by atoms with van der Waals surface area (Å²) in [4.78, 5) is 38.0. The summed E-state index contributed by atoms with van der Waals surface area (Å²) < 4.78 is 23.7. The Bertz CT molecular complexity index is 1120. The van der Waals surface area contributed by atoms with Crippen LogP contribution in [0.4, 0.5) is 9.18 Å². The van der Waals surface area contributed by atoms with E-state index >= 15 is 0 Å². The second-order valence-electron chi connectivity index (χ2n) is 7.87. The molecule has 0 aliphatic heterocycles. The first-order valence-electron chi connectivity index (χ1n) is 11.1. The maximum absolute atomic E-state index is 13.6. The number of alkyl carbamates (subject to hydrolysis) is 1. The maximum atomic E-state index is 13.6. The highest BCUT2D eigenvalue weighted by Gasteiger charge is 2.28. The second-order valence-corrected chi connectivity index (χ2v) is 7.87. The van der Waals surface area contributed by atoms with Crippen LogP contribution in [0.1, 0.15) is 16.7 Å². The number of rotatable bonds is 10. The first-order chi connectivity index (χ1) is 16.9. The molecule has 3 aromatic carbocycles. The van der Waals surface area contributed by atoms with Gasteiger partial charge in [-0.25, -0.2) is 14.0 Å². The zero-order valence-electron chi connectivity index (χ0n) is 19.3. The average molecular weight is 479 g/mol. The molecule has 0 bridgehead atoms. The molecule has 8 heteroatoms. The second kappa shape index (κ2) is 12.9. The molecule has 0 saturated carbocycles. The Morgan fingerprint density at radius 2 is 1.37 bits per heavy atom. The van der Waals surface area contributed by atoms with Gasteiger partial charge >= 0.3 is 12.1 Å². The monoisotopic (exact) mass is 478 g/mol. The summed E-state index contributed by atoms with van der Waals surface area (Å²) in [6.07, 6.45) is -0.585. The van der Waals surface area contributed by atoms with Crippen molar-refractivity contribution in [3.8, 4) is 0 Å². The fraction of sp³-hybridized carbons (Fsp3) is 0.222. The van der Waals surface area contributed by atoms with Crippen LogP contribution >= 0.6 is 0 Å². The number of halogens is 1. The van der Waals surface area contributed by atoms with Crippen LogP contribution < -0.4 is 10.6 Å². The Kier molecular flexibility index (Phi) is 9.36. The van der Waals surface area contributed by atoms with Crippen LogP contribution in [-0.4, -0.2) is 37.2 Å². The molecule has 3 aromatic rings. The third kappa shape index (κ3) is 8.26. The molecule has 2 N–H and O–H groups in total. The molecule has 3 rings (SSSR count). The summed E-state index contributed by atoms with van der Waals surface area (Å²) in [5.41, 5.74) is 2.11. The van der Waals surface area contributed by atoms with Gasteiger partial charge in [-0.05, 0) is 28.8 Å². The molecule has 2 amide bonds. The van der Waals surface area contributed by atoms with Crippen LogP contribution in [0, 0.1) is 5.82 Å².